The number of rotatable bonds is 2. The highest BCUT2D eigenvalue weighted by atomic mass is 127. The van der Waals surface area contributed by atoms with Gasteiger partial charge in [-0.2, -0.15) is 0 Å². The van der Waals surface area contributed by atoms with Crippen LogP contribution < -0.4 is 0 Å². The molecule has 18 heavy (non-hydrogen) atoms. The number of piperidine rings is 1. The van der Waals surface area contributed by atoms with Crippen LogP contribution in [0.5, 0.6) is 0 Å². The fourth-order valence-corrected chi connectivity index (χ4v) is 3.27. The topological polar surface area (TPSA) is 20.3 Å². The van der Waals surface area contributed by atoms with Gasteiger partial charge in [-0.25, -0.2) is 0 Å². The molecular weight excluding hydrogens is 428 g/mol. The van der Waals surface area contributed by atoms with Gasteiger partial charge in [0, 0.05) is 27.6 Å². The molecule has 1 amide bonds. The van der Waals surface area contributed by atoms with Crippen molar-refractivity contribution in [3.05, 3.63) is 32.4 Å². The summed E-state index contributed by atoms with van der Waals surface area (Å²) in [4.78, 5) is 14.2. The molecule has 1 aliphatic rings. The van der Waals surface area contributed by atoms with Gasteiger partial charge < -0.3 is 4.90 Å². The van der Waals surface area contributed by atoms with E-state index < -0.39 is 0 Å². The van der Waals surface area contributed by atoms with Gasteiger partial charge in [0.25, 0.3) is 5.91 Å². The molecule has 0 spiro atoms. The van der Waals surface area contributed by atoms with Gasteiger partial charge in [0.1, 0.15) is 0 Å². The maximum atomic E-state index is 12.3. The van der Waals surface area contributed by atoms with Crippen LogP contribution in [-0.2, 0) is 0 Å². The van der Waals surface area contributed by atoms with Crippen molar-refractivity contribution in [2.75, 3.05) is 18.4 Å². The molecule has 1 fully saturated rings. The molecule has 2 nitrogen and oxygen atoms in total. The Bertz CT molecular complexity index is 447. The number of carbonyl (C=O) groups excluding carboxylic acids is 1. The smallest absolute Gasteiger partial charge is 0.253 e. The van der Waals surface area contributed by atoms with Crippen molar-refractivity contribution in [3.63, 3.8) is 0 Å². The van der Waals surface area contributed by atoms with Gasteiger partial charge in [0.05, 0.1) is 5.02 Å². The zero-order valence-corrected chi connectivity index (χ0v) is 14.3. The highest BCUT2D eigenvalue weighted by Crippen LogP contribution is 2.23. The monoisotopic (exact) mass is 441 g/mol. The van der Waals surface area contributed by atoms with Crippen LogP contribution in [0.25, 0.3) is 0 Å². The molecule has 0 N–H and O–H groups in total. The molecule has 1 aliphatic heterocycles. The molecule has 1 heterocycles. The van der Waals surface area contributed by atoms with Crippen LogP contribution >= 0.6 is 50.1 Å². The van der Waals surface area contributed by atoms with Crippen molar-refractivity contribution in [1.82, 2.24) is 4.90 Å². The summed E-state index contributed by atoms with van der Waals surface area (Å²) in [6.45, 7) is 1.69. The predicted octanol–water partition coefficient (Wildman–Crippen LogP) is 4.19. The van der Waals surface area contributed by atoms with Crippen LogP contribution in [0, 0.1) is 9.49 Å². The summed E-state index contributed by atoms with van der Waals surface area (Å²) >= 11 is 11.7. The summed E-state index contributed by atoms with van der Waals surface area (Å²) in [5.74, 6) is 0.802. The van der Waals surface area contributed by atoms with Crippen LogP contribution in [0.4, 0.5) is 0 Å². The second kappa shape index (κ2) is 6.57. The lowest BCUT2D eigenvalue weighted by atomic mass is 9.98. The van der Waals surface area contributed by atoms with Crippen LogP contribution in [0.3, 0.4) is 0 Å². The number of carbonyl (C=O) groups is 1. The Morgan fingerprint density at radius 3 is 2.67 bits per heavy atom. The van der Waals surface area contributed by atoms with Crippen molar-refractivity contribution < 1.29 is 4.79 Å². The second-order valence-electron chi connectivity index (χ2n) is 4.52. The first-order valence-electron chi connectivity index (χ1n) is 5.92. The van der Waals surface area contributed by atoms with E-state index in [4.69, 9.17) is 11.6 Å². The molecule has 98 valence electrons. The van der Waals surface area contributed by atoms with Gasteiger partial charge in [0.15, 0.2) is 0 Å². The molecule has 5 heteroatoms. The number of likely N-dealkylation sites (tertiary alicyclic amines) is 1. The van der Waals surface area contributed by atoms with E-state index in [1.807, 2.05) is 17.0 Å². The Hall–Kier alpha value is 0.190. The fourth-order valence-electron chi connectivity index (χ4n) is 2.10. The van der Waals surface area contributed by atoms with Crippen LogP contribution in [0.15, 0.2) is 18.2 Å². The molecule has 0 saturated carbocycles. The van der Waals surface area contributed by atoms with E-state index in [1.165, 1.54) is 0 Å². The summed E-state index contributed by atoms with van der Waals surface area (Å²) in [6.07, 6.45) is 2.16. The van der Waals surface area contributed by atoms with Crippen molar-refractivity contribution in [2.45, 2.75) is 12.8 Å². The SMILES string of the molecule is O=C(c1ccc(I)c(Cl)c1)N1CCC(CBr)CC1. The summed E-state index contributed by atoms with van der Waals surface area (Å²) in [5, 5.41) is 1.68. The van der Waals surface area contributed by atoms with Gasteiger partial charge in [-0.3, -0.25) is 4.79 Å². The quantitative estimate of drug-likeness (QED) is 0.497. The number of nitrogens with zero attached hydrogens (tertiary/aromatic N) is 1. The third-order valence-electron chi connectivity index (χ3n) is 3.29. The summed E-state index contributed by atoms with van der Waals surface area (Å²) in [7, 11) is 0. The van der Waals surface area contributed by atoms with E-state index in [0.29, 0.717) is 16.5 Å². The van der Waals surface area contributed by atoms with Crippen LogP contribution in [0.1, 0.15) is 23.2 Å². The largest absolute Gasteiger partial charge is 0.339 e. The van der Waals surface area contributed by atoms with E-state index >= 15 is 0 Å². The molecule has 0 bridgehead atoms. The maximum Gasteiger partial charge on any atom is 0.253 e. The van der Waals surface area contributed by atoms with Crippen molar-refractivity contribution in [3.8, 4) is 0 Å². The Morgan fingerprint density at radius 2 is 2.11 bits per heavy atom. The number of amides is 1. The Morgan fingerprint density at radius 1 is 1.44 bits per heavy atom. The molecule has 0 unspecified atom stereocenters. The van der Waals surface area contributed by atoms with E-state index in [-0.39, 0.29) is 5.91 Å². The average molecular weight is 443 g/mol. The average Bonchev–Trinajstić information content (AvgIpc) is 2.41. The standard InChI is InChI=1S/C13H14BrClINO/c14-8-9-3-5-17(6-4-9)13(18)10-1-2-12(16)11(15)7-10/h1-2,7,9H,3-6,8H2. The molecule has 0 aromatic heterocycles. The number of hydrogen-bond acceptors (Lipinski definition) is 1. The van der Waals surface area contributed by atoms with Crippen LogP contribution in [0.2, 0.25) is 5.02 Å². The first-order chi connectivity index (χ1) is 8.61. The number of halogens is 3. The summed E-state index contributed by atoms with van der Waals surface area (Å²) in [5.41, 5.74) is 0.692. The molecule has 1 aromatic carbocycles. The van der Waals surface area contributed by atoms with E-state index in [2.05, 4.69) is 38.5 Å². The van der Waals surface area contributed by atoms with Gasteiger partial charge >= 0.3 is 0 Å². The number of hydrogen-bond donors (Lipinski definition) is 0. The van der Waals surface area contributed by atoms with E-state index in [1.54, 1.807) is 6.07 Å². The van der Waals surface area contributed by atoms with E-state index in [0.717, 1.165) is 34.8 Å². The third-order valence-corrected chi connectivity index (χ3v) is 5.77. The lowest BCUT2D eigenvalue weighted by Crippen LogP contribution is -2.38. The van der Waals surface area contributed by atoms with Gasteiger partial charge in [-0.15, -0.1) is 0 Å². The zero-order valence-electron chi connectivity index (χ0n) is 9.83. The Kier molecular flexibility index (Phi) is 5.33. The first kappa shape index (κ1) is 14.6. The van der Waals surface area contributed by atoms with Crippen molar-refractivity contribution in [1.29, 1.82) is 0 Å². The molecule has 0 atom stereocenters. The highest BCUT2D eigenvalue weighted by molar-refractivity contribution is 14.1. The number of alkyl halides is 1. The first-order valence-corrected chi connectivity index (χ1v) is 8.50. The van der Waals surface area contributed by atoms with E-state index in [9.17, 15) is 4.79 Å². The van der Waals surface area contributed by atoms with Crippen LogP contribution in [-0.4, -0.2) is 29.2 Å². The Balaban J connectivity index is 2.05. The molecular formula is C13H14BrClINO. The highest BCUT2D eigenvalue weighted by Gasteiger charge is 2.23. The maximum absolute atomic E-state index is 12.3. The fraction of sp³-hybridized carbons (Fsp3) is 0.462. The molecule has 1 aromatic rings. The minimum Gasteiger partial charge on any atom is -0.339 e. The van der Waals surface area contributed by atoms with Gasteiger partial charge in [-0.1, -0.05) is 27.5 Å². The lowest BCUT2D eigenvalue weighted by Gasteiger charge is -2.31. The summed E-state index contributed by atoms with van der Waals surface area (Å²) in [6, 6.07) is 5.51. The molecule has 0 radical (unpaired) electrons. The second-order valence-corrected chi connectivity index (χ2v) is 6.74. The Labute approximate surface area is 134 Å². The lowest BCUT2D eigenvalue weighted by molar-refractivity contribution is 0.0699. The predicted molar refractivity (Wildman–Crippen MR) is 86.6 cm³/mol. The van der Waals surface area contributed by atoms with Crippen molar-refractivity contribution >= 4 is 56.0 Å². The number of benzene rings is 1. The minimum absolute atomic E-state index is 0.0984. The van der Waals surface area contributed by atoms with Gasteiger partial charge in [0.2, 0.25) is 0 Å². The summed E-state index contributed by atoms with van der Waals surface area (Å²) < 4.78 is 0.976. The van der Waals surface area contributed by atoms with Crippen molar-refractivity contribution in [2.24, 2.45) is 5.92 Å². The zero-order chi connectivity index (χ0) is 13.1. The third kappa shape index (κ3) is 3.39. The molecule has 2 rings (SSSR count). The van der Waals surface area contributed by atoms with Gasteiger partial charge in [-0.05, 0) is 59.5 Å². The minimum atomic E-state index is 0.0984. The normalized spacial score (nSPS) is 16.9. The molecule has 0 aliphatic carbocycles. The molecule has 1 saturated heterocycles.